The molecule has 0 aliphatic carbocycles. The molecule has 1 atom stereocenters. The Kier molecular flexibility index (Phi) is 9.52. The molecule has 3 rings (SSSR count). The van der Waals surface area contributed by atoms with Crippen molar-refractivity contribution in [2.75, 3.05) is 20.1 Å². The van der Waals surface area contributed by atoms with Crippen molar-refractivity contribution in [3.63, 3.8) is 0 Å². The topological polar surface area (TPSA) is 95.6 Å². The van der Waals surface area contributed by atoms with Crippen LogP contribution in [0, 0.1) is 12.8 Å². The van der Waals surface area contributed by atoms with Gasteiger partial charge in [-0.3, -0.25) is 9.59 Å². The molecule has 2 N–H and O–H groups in total. The highest BCUT2D eigenvalue weighted by Crippen LogP contribution is 2.27. The number of rotatable bonds is 11. The molecule has 0 radical (unpaired) electrons. The highest BCUT2D eigenvalue weighted by molar-refractivity contribution is 7.89. The van der Waals surface area contributed by atoms with Crippen LogP contribution in [0.5, 0.6) is 0 Å². The van der Waals surface area contributed by atoms with Crippen molar-refractivity contribution in [2.45, 2.75) is 44.6 Å². The molecule has 3 aromatic rings. The van der Waals surface area contributed by atoms with Gasteiger partial charge in [-0.25, -0.2) is 12.7 Å². The first-order valence-corrected chi connectivity index (χ1v) is 14.4. The van der Waals surface area contributed by atoms with E-state index in [9.17, 15) is 18.0 Å². The van der Waals surface area contributed by atoms with Gasteiger partial charge in [-0.15, -0.1) is 11.3 Å². The molecule has 2 amide bonds. The number of halogens is 1. The predicted molar refractivity (Wildman–Crippen MR) is 146 cm³/mol. The van der Waals surface area contributed by atoms with E-state index in [1.54, 1.807) is 25.1 Å². The van der Waals surface area contributed by atoms with E-state index in [0.717, 1.165) is 10.1 Å². The molecule has 2 aromatic carbocycles. The molecular formula is C26H32ClN3O4S2. The van der Waals surface area contributed by atoms with Crippen molar-refractivity contribution in [3.05, 3.63) is 64.0 Å². The van der Waals surface area contributed by atoms with E-state index < -0.39 is 16.1 Å². The number of thiophene rings is 1. The van der Waals surface area contributed by atoms with Gasteiger partial charge in [-0.1, -0.05) is 55.8 Å². The summed E-state index contributed by atoms with van der Waals surface area (Å²) >= 11 is 7.54. The van der Waals surface area contributed by atoms with Gasteiger partial charge in [0.25, 0.3) is 5.91 Å². The van der Waals surface area contributed by atoms with Crippen LogP contribution in [-0.2, 0) is 14.8 Å². The number of nitrogens with zero attached hydrogens (tertiary/aromatic N) is 1. The zero-order valence-electron chi connectivity index (χ0n) is 20.9. The lowest BCUT2D eigenvalue weighted by atomic mass is 10.0. The van der Waals surface area contributed by atoms with Crippen LogP contribution in [0.25, 0.3) is 10.1 Å². The van der Waals surface area contributed by atoms with E-state index >= 15 is 0 Å². The van der Waals surface area contributed by atoms with Crippen LogP contribution in [0.2, 0.25) is 5.02 Å². The molecule has 194 valence electrons. The van der Waals surface area contributed by atoms with Crippen LogP contribution in [-0.4, -0.2) is 50.7 Å². The summed E-state index contributed by atoms with van der Waals surface area (Å²) in [5, 5.41) is 6.89. The number of benzene rings is 2. The third-order valence-electron chi connectivity index (χ3n) is 5.76. The van der Waals surface area contributed by atoms with E-state index in [4.69, 9.17) is 11.6 Å². The third-order valence-corrected chi connectivity index (χ3v) is 9.36. The second-order valence-corrected chi connectivity index (χ2v) is 12.6. The molecule has 0 aliphatic heterocycles. The largest absolute Gasteiger partial charge is 0.354 e. The number of aryl methyl sites for hydroxylation is 1. The molecule has 0 aliphatic rings. The van der Waals surface area contributed by atoms with Crippen LogP contribution >= 0.6 is 22.9 Å². The maximum Gasteiger partial charge on any atom is 0.262 e. The normalized spacial score (nSPS) is 12.8. The summed E-state index contributed by atoms with van der Waals surface area (Å²) in [4.78, 5) is 26.4. The first-order chi connectivity index (χ1) is 17.0. The molecule has 0 unspecified atom stereocenters. The number of carbonyl (C=O) groups is 2. The third kappa shape index (κ3) is 6.85. The summed E-state index contributed by atoms with van der Waals surface area (Å²) in [6.45, 7) is 6.16. The van der Waals surface area contributed by atoms with Gasteiger partial charge in [-0.2, -0.15) is 0 Å². The molecule has 1 aromatic heterocycles. The summed E-state index contributed by atoms with van der Waals surface area (Å²) in [7, 11) is -2.27. The Labute approximate surface area is 221 Å². The highest BCUT2D eigenvalue weighted by Gasteiger charge is 2.26. The maximum atomic E-state index is 13.0. The molecule has 0 saturated carbocycles. The molecule has 0 bridgehead atoms. The molecule has 36 heavy (non-hydrogen) atoms. The minimum absolute atomic E-state index is 0.0964. The Bertz CT molecular complexity index is 1280. The summed E-state index contributed by atoms with van der Waals surface area (Å²) < 4.78 is 28.2. The fourth-order valence-electron chi connectivity index (χ4n) is 3.88. The minimum Gasteiger partial charge on any atom is -0.354 e. The first-order valence-electron chi connectivity index (χ1n) is 11.8. The Balaban J connectivity index is 1.57. The minimum atomic E-state index is -3.76. The fraction of sp³-hybridized carbons (Fsp3) is 0.385. The number of hydrogen-bond donors (Lipinski definition) is 2. The molecule has 1 heterocycles. The summed E-state index contributed by atoms with van der Waals surface area (Å²) in [5.41, 5.74) is 0.577. The van der Waals surface area contributed by atoms with Gasteiger partial charge in [0.1, 0.15) is 10.9 Å². The number of hydrogen-bond acceptors (Lipinski definition) is 5. The lowest BCUT2D eigenvalue weighted by Gasteiger charge is -2.21. The molecule has 0 spiro atoms. The van der Waals surface area contributed by atoms with Crippen molar-refractivity contribution < 1.29 is 18.0 Å². The van der Waals surface area contributed by atoms with Crippen LogP contribution in [0.4, 0.5) is 0 Å². The zero-order valence-corrected chi connectivity index (χ0v) is 23.3. The van der Waals surface area contributed by atoms with Crippen LogP contribution < -0.4 is 10.6 Å². The lowest BCUT2D eigenvalue weighted by Crippen LogP contribution is -2.47. The van der Waals surface area contributed by atoms with Crippen molar-refractivity contribution >= 4 is 54.9 Å². The second kappa shape index (κ2) is 12.2. The Morgan fingerprint density at radius 2 is 1.83 bits per heavy atom. The number of sulfonamides is 1. The lowest BCUT2D eigenvalue weighted by molar-refractivity contribution is -0.123. The monoisotopic (exact) mass is 549 g/mol. The van der Waals surface area contributed by atoms with Gasteiger partial charge in [-0.05, 0) is 54.8 Å². The predicted octanol–water partition coefficient (Wildman–Crippen LogP) is 4.83. The highest BCUT2D eigenvalue weighted by atomic mass is 35.5. The summed E-state index contributed by atoms with van der Waals surface area (Å²) in [5.74, 6) is -0.373. The van der Waals surface area contributed by atoms with Crippen LogP contribution in [0.3, 0.4) is 0 Å². The summed E-state index contributed by atoms with van der Waals surface area (Å²) in [6, 6.07) is 13.9. The van der Waals surface area contributed by atoms with Crippen LogP contribution in [0.15, 0.2) is 53.4 Å². The Hall–Kier alpha value is -2.46. The smallest absolute Gasteiger partial charge is 0.262 e. The standard InChI is InChI=1S/C26H32ClN3O4S2/c1-17(2)15-21(29-26(32)23-16-19-10-5-6-12-22(19)35-23)25(31)28-13-8-14-30(4)36(33,34)24-18(3)9-7-11-20(24)27/h5-7,9-12,16-17,21H,8,13-15H2,1-4H3,(H,28,31)(H,29,32)/t21-/m0/s1. The molecule has 10 heteroatoms. The number of amides is 2. The van der Waals surface area contributed by atoms with E-state index in [1.807, 2.05) is 44.2 Å². The molecule has 0 fully saturated rings. The van der Waals surface area contributed by atoms with Crippen LogP contribution in [0.1, 0.15) is 41.9 Å². The fourth-order valence-corrected chi connectivity index (χ4v) is 6.83. The average molecular weight is 550 g/mol. The zero-order chi connectivity index (χ0) is 26.5. The Morgan fingerprint density at radius 3 is 2.50 bits per heavy atom. The SMILES string of the molecule is Cc1cccc(Cl)c1S(=O)(=O)N(C)CCCNC(=O)[C@H](CC(C)C)NC(=O)c1cc2ccccc2s1. The maximum absolute atomic E-state index is 13.0. The molecule has 7 nitrogen and oxygen atoms in total. The number of carbonyl (C=O) groups excluding carboxylic acids is 2. The average Bonchev–Trinajstić information content (AvgIpc) is 3.25. The van der Waals surface area contributed by atoms with E-state index in [0.29, 0.717) is 23.3 Å². The van der Waals surface area contributed by atoms with Gasteiger partial charge in [0.05, 0.1) is 9.90 Å². The van der Waals surface area contributed by atoms with Gasteiger partial charge < -0.3 is 10.6 Å². The molecular weight excluding hydrogens is 518 g/mol. The van der Waals surface area contributed by atoms with Crippen molar-refractivity contribution in [1.82, 2.24) is 14.9 Å². The quantitative estimate of drug-likeness (QED) is 0.335. The number of fused-ring (bicyclic) bond motifs is 1. The first kappa shape index (κ1) is 28.1. The molecule has 0 saturated heterocycles. The number of nitrogens with one attached hydrogen (secondary N) is 2. The van der Waals surface area contributed by atoms with E-state index in [1.165, 1.54) is 22.7 Å². The van der Waals surface area contributed by atoms with Gasteiger partial charge in [0, 0.05) is 24.8 Å². The van der Waals surface area contributed by atoms with Crippen molar-refractivity contribution in [2.24, 2.45) is 5.92 Å². The van der Waals surface area contributed by atoms with E-state index in [2.05, 4.69) is 10.6 Å². The van der Waals surface area contributed by atoms with Crippen molar-refractivity contribution in [3.8, 4) is 0 Å². The summed E-state index contributed by atoms with van der Waals surface area (Å²) in [6.07, 6.45) is 0.895. The van der Waals surface area contributed by atoms with Crippen molar-refractivity contribution in [1.29, 1.82) is 0 Å². The van der Waals surface area contributed by atoms with Gasteiger partial charge >= 0.3 is 0 Å². The van der Waals surface area contributed by atoms with Gasteiger partial charge in [0.15, 0.2) is 0 Å². The van der Waals surface area contributed by atoms with Gasteiger partial charge in [0.2, 0.25) is 15.9 Å². The Morgan fingerprint density at radius 1 is 1.11 bits per heavy atom. The second-order valence-electron chi connectivity index (χ2n) is 9.16. The van der Waals surface area contributed by atoms with E-state index in [-0.39, 0.29) is 40.7 Å².